The molecule has 2 saturated heterocycles. The molecule has 0 spiro atoms. The number of amides is 1. The first-order valence-electron chi connectivity index (χ1n) is 14.4. The maximum atomic E-state index is 11.9. The van der Waals surface area contributed by atoms with Gasteiger partial charge in [-0.25, -0.2) is 0 Å². The van der Waals surface area contributed by atoms with E-state index in [4.69, 9.17) is 20.2 Å². The molecule has 2 fully saturated rings. The normalized spacial score (nSPS) is 17.1. The molecule has 0 radical (unpaired) electrons. The Morgan fingerprint density at radius 3 is 2.59 bits per heavy atom. The monoisotopic (exact) mass is 556 g/mol. The fraction of sp³-hybridized carbons (Fsp3) is 0.375. The van der Waals surface area contributed by atoms with Crippen LogP contribution in [0.2, 0.25) is 0 Å². The maximum absolute atomic E-state index is 11.9. The first-order valence-corrected chi connectivity index (χ1v) is 14.4. The van der Waals surface area contributed by atoms with Gasteiger partial charge in [0.1, 0.15) is 23.0 Å². The van der Waals surface area contributed by atoms with E-state index in [9.17, 15) is 4.79 Å². The molecule has 0 aliphatic carbocycles. The van der Waals surface area contributed by atoms with Crippen molar-refractivity contribution >= 4 is 34.5 Å². The lowest BCUT2D eigenvalue weighted by atomic mass is 10.1. The lowest BCUT2D eigenvalue weighted by Gasteiger charge is -2.33. The van der Waals surface area contributed by atoms with Crippen LogP contribution in [0.3, 0.4) is 0 Å². The number of carbonyl (C=O) groups is 1. The van der Waals surface area contributed by atoms with Gasteiger partial charge in [0.05, 0.1) is 12.8 Å². The van der Waals surface area contributed by atoms with E-state index in [2.05, 4.69) is 39.1 Å². The fourth-order valence-corrected chi connectivity index (χ4v) is 5.41. The molecule has 9 nitrogen and oxygen atoms in total. The van der Waals surface area contributed by atoms with Crippen molar-refractivity contribution in [1.82, 2.24) is 4.98 Å². The largest absolute Gasteiger partial charge is 0.494 e. The molecule has 216 valence electrons. The maximum Gasteiger partial charge on any atom is 0.247 e. The minimum Gasteiger partial charge on any atom is -0.494 e. The molecule has 1 unspecified atom stereocenters. The van der Waals surface area contributed by atoms with Crippen molar-refractivity contribution in [2.45, 2.75) is 45.1 Å². The number of nitrogens with one attached hydrogen (secondary N) is 2. The molecule has 1 atom stereocenters. The Morgan fingerprint density at radius 2 is 1.83 bits per heavy atom. The number of aryl methyl sites for hydroxylation is 1. The Morgan fingerprint density at radius 1 is 1.02 bits per heavy atom. The average Bonchev–Trinajstić information content (AvgIpc) is 2.99. The fourth-order valence-electron chi connectivity index (χ4n) is 5.41. The number of piperidine rings is 2. The third-order valence-electron chi connectivity index (χ3n) is 7.67. The topological polar surface area (TPSA) is 105 Å². The van der Waals surface area contributed by atoms with Gasteiger partial charge in [-0.3, -0.25) is 4.79 Å². The van der Waals surface area contributed by atoms with E-state index in [1.165, 1.54) is 12.5 Å². The van der Waals surface area contributed by atoms with Crippen molar-refractivity contribution in [2.24, 2.45) is 5.73 Å². The van der Waals surface area contributed by atoms with Gasteiger partial charge in [-0.05, 0) is 81.0 Å². The highest BCUT2D eigenvalue weighted by Crippen LogP contribution is 2.37. The molecule has 41 heavy (non-hydrogen) atoms. The van der Waals surface area contributed by atoms with Crippen LogP contribution < -0.4 is 35.6 Å². The predicted molar refractivity (Wildman–Crippen MR) is 166 cm³/mol. The number of ether oxygens (including phenoxy) is 2. The first kappa shape index (κ1) is 28.3. The highest BCUT2D eigenvalue weighted by atomic mass is 16.5. The molecule has 4 N–H and O–H groups in total. The summed E-state index contributed by atoms with van der Waals surface area (Å²) in [6, 6.07) is 16.0. The number of nitrogens with zero attached hydrogens (tertiary/aromatic N) is 3. The van der Waals surface area contributed by atoms with Crippen molar-refractivity contribution in [3.63, 3.8) is 0 Å². The van der Waals surface area contributed by atoms with Gasteiger partial charge in [-0.1, -0.05) is 12.6 Å². The molecule has 2 aromatic carbocycles. The number of anilines is 5. The summed E-state index contributed by atoms with van der Waals surface area (Å²) in [7, 11) is 1.67. The Hall–Kier alpha value is -4.24. The van der Waals surface area contributed by atoms with Gasteiger partial charge in [0.25, 0.3) is 0 Å². The van der Waals surface area contributed by atoms with Crippen LogP contribution in [0.15, 0.2) is 61.2 Å². The van der Waals surface area contributed by atoms with Crippen molar-refractivity contribution in [2.75, 3.05) is 53.7 Å². The van der Waals surface area contributed by atoms with Gasteiger partial charge in [0.15, 0.2) is 0 Å². The van der Waals surface area contributed by atoms with Crippen LogP contribution in [0.25, 0.3) is 0 Å². The summed E-state index contributed by atoms with van der Waals surface area (Å²) in [5.74, 6) is 2.18. The molecule has 3 heterocycles. The minimum absolute atomic E-state index is 0.191. The number of methoxy groups -OCH3 is 1. The van der Waals surface area contributed by atoms with Crippen LogP contribution in [0, 0.1) is 6.92 Å². The summed E-state index contributed by atoms with van der Waals surface area (Å²) in [6.07, 6.45) is 6.89. The molecule has 0 saturated carbocycles. The number of pyridine rings is 1. The number of carbonyl (C=O) groups excluding carboxylic acids is 1. The molecule has 5 rings (SSSR count). The summed E-state index contributed by atoms with van der Waals surface area (Å²) in [6.45, 7) is 9.21. The Bertz CT molecular complexity index is 1390. The Kier molecular flexibility index (Phi) is 8.94. The number of hydrogen-bond donors (Lipinski definition) is 3. The van der Waals surface area contributed by atoms with E-state index < -0.39 is 0 Å². The van der Waals surface area contributed by atoms with Crippen molar-refractivity contribution in [1.29, 1.82) is 0 Å². The lowest BCUT2D eigenvalue weighted by molar-refractivity contribution is -0.111. The highest BCUT2D eigenvalue weighted by molar-refractivity contribution is 5.99. The van der Waals surface area contributed by atoms with E-state index in [-0.39, 0.29) is 11.9 Å². The van der Waals surface area contributed by atoms with Gasteiger partial charge >= 0.3 is 0 Å². The Labute approximate surface area is 242 Å². The summed E-state index contributed by atoms with van der Waals surface area (Å²) >= 11 is 0. The molecule has 2 aliphatic rings. The molecule has 9 heteroatoms. The minimum atomic E-state index is -0.272. The zero-order valence-corrected chi connectivity index (χ0v) is 24.0. The molecule has 0 bridgehead atoms. The summed E-state index contributed by atoms with van der Waals surface area (Å²) in [5, 5.41) is 6.27. The van der Waals surface area contributed by atoms with Gasteiger partial charge in [0.2, 0.25) is 11.8 Å². The van der Waals surface area contributed by atoms with Crippen LogP contribution in [-0.2, 0) is 4.79 Å². The smallest absolute Gasteiger partial charge is 0.247 e. The zero-order chi connectivity index (χ0) is 28.8. The van der Waals surface area contributed by atoms with Crippen LogP contribution in [0.1, 0.15) is 37.7 Å². The van der Waals surface area contributed by atoms with Crippen LogP contribution in [0.4, 0.5) is 28.6 Å². The van der Waals surface area contributed by atoms with Gasteiger partial charge in [-0.15, -0.1) is 0 Å². The van der Waals surface area contributed by atoms with Crippen molar-refractivity contribution in [3.8, 4) is 17.4 Å². The van der Waals surface area contributed by atoms with E-state index in [1.807, 2.05) is 43.3 Å². The van der Waals surface area contributed by atoms with Crippen molar-refractivity contribution < 1.29 is 14.3 Å². The predicted octanol–water partition coefficient (Wildman–Crippen LogP) is 5.98. The highest BCUT2D eigenvalue weighted by Gasteiger charge is 2.21. The number of hydrogen-bond acceptors (Lipinski definition) is 8. The third kappa shape index (κ3) is 6.92. The Balaban J connectivity index is 1.43. The molecular weight excluding hydrogens is 516 g/mol. The van der Waals surface area contributed by atoms with E-state index in [0.29, 0.717) is 23.1 Å². The third-order valence-corrected chi connectivity index (χ3v) is 7.67. The van der Waals surface area contributed by atoms with Gasteiger partial charge in [0, 0.05) is 55.7 Å². The summed E-state index contributed by atoms with van der Waals surface area (Å²) < 4.78 is 12.2. The van der Waals surface area contributed by atoms with E-state index >= 15 is 0 Å². The van der Waals surface area contributed by atoms with Crippen LogP contribution >= 0.6 is 0 Å². The lowest BCUT2D eigenvalue weighted by Crippen LogP contribution is -2.42. The summed E-state index contributed by atoms with van der Waals surface area (Å²) in [4.78, 5) is 21.5. The van der Waals surface area contributed by atoms with Gasteiger partial charge < -0.3 is 35.6 Å². The molecule has 1 amide bonds. The number of nitrogens with two attached hydrogens (primary N) is 1. The molecule has 1 aromatic heterocycles. The molecular formula is C32H40N6O3. The summed E-state index contributed by atoms with van der Waals surface area (Å²) in [5.41, 5.74) is 10.7. The van der Waals surface area contributed by atoms with Crippen LogP contribution in [-0.4, -0.2) is 50.2 Å². The molecule has 2 aliphatic heterocycles. The van der Waals surface area contributed by atoms with Crippen LogP contribution in [0.5, 0.6) is 17.4 Å². The number of benzene rings is 2. The number of aromatic nitrogens is 1. The zero-order valence-electron chi connectivity index (χ0n) is 24.0. The standard InChI is InChI=1S/C32H40N6O3/c1-4-31(39)35-27-20-25(12-10-22(27)2)41-32-28(37-16-6-5-7-17-37)14-15-30(36-32)34-26-13-11-24(19-29(26)40-3)38-18-8-9-23(33)21-38/h4,10-15,19-20,23H,1,5-9,16-18,21,33H2,2-3H3,(H,34,36)(H,35,39). The van der Waals surface area contributed by atoms with E-state index in [0.717, 1.165) is 80.2 Å². The van der Waals surface area contributed by atoms with Gasteiger partial charge in [-0.2, -0.15) is 4.98 Å². The average molecular weight is 557 g/mol. The quantitative estimate of drug-likeness (QED) is 0.277. The SMILES string of the molecule is C=CC(=O)Nc1cc(Oc2nc(Nc3ccc(N4CCCC(N)C4)cc3OC)ccc2N2CCCCC2)ccc1C. The second-order valence-electron chi connectivity index (χ2n) is 10.7. The molecule has 3 aromatic rings. The first-order chi connectivity index (χ1) is 19.9. The second-order valence-corrected chi connectivity index (χ2v) is 10.7. The second kappa shape index (κ2) is 13.0. The number of rotatable bonds is 9. The van der Waals surface area contributed by atoms with Crippen molar-refractivity contribution in [3.05, 3.63) is 66.7 Å². The van der Waals surface area contributed by atoms with E-state index in [1.54, 1.807) is 7.11 Å².